The molecular weight excluding hydrogens is 492 g/mol. The lowest BCUT2D eigenvalue weighted by Crippen LogP contribution is -2.53. The Balaban J connectivity index is 2.35. The number of carbonyl (C=O) groups excluding carboxylic acids is 1. The highest BCUT2D eigenvalue weighted by Crippen LogP contribution is 2.27. The Bertz CT molecular complexity index is 1120. The monoisotopic (exact) mass is 532 g/mol. The molecule has 0 heterocycles. The van der Waals surface area contributed by atoms with Crippen molar-refractivity contribution in [2.24, 2.45) is 17.3 Å². The van der Waals surface area contributed by atoms with Crippen LogP contribution in [-0.4, -0.2) is 60.0 Å². The fourth-order valence-corrected chi connectivity index (χ4v) is 5.26. The molecule has 0 spiro atoms. The first-order valence-corrected chi connectivity index (χ1v) is 14.0. The molecular formula is C28H40N2O6S. The number of hydrogen-bond acceptors (Lipinski definition) is 5. The Morgan fingerprint density at radius 3 is 2.03 bits per heavy atom. The molecule has 0 aliphatic heterocycles. The quantitative estimate of drug-likeness (QED) is 0.342. The standard InChI is InChI=1S/C28H40N2O6S/c1-20(2)16-17-30(37(35,36)23-14-10-7-11-15-23)19-25(31)24(18-22-12-8-6-9-13-22)29-26(32)21(3)28(4,5)27(33)34/h6-15,20-21,24-25,31H,16-19H2,1-5H3,(H,29,32)(H,33,34). The first kappa shape index (κ1) is 30.5. The van der Waals surface area contributed by atoms with E-state index in [4.69, 9.17) is 0 Å². The molecule has 0 bridgehead atoms. The Labute approximate surface area is 220 Å². The van der Waals surface area contributed by atoms with E-state index in [1.54, 1.807) is 18.2 Å². The van der Waals surface area contributed by atoms with Gasteiger partial charge in [0, 0.05) is 13.1 Å². The van der Waals surface area contributed by atoms with Gasteiger partial charge in [0.25, 0.3) is 0 Å². The van der Waals surface area contributed by atoms with Crippen LogP contribution in [0.1, 0.15) is 46.6 Å². The SMILES string of the molecule is CC(C)CCN(CC(O)C(Cc1ccccc1)NC(=O)C(C)C(C)(C)C(=O)O)S(=O)(=O)c1ccccc1. The van der Waals surface area contributed by atoms with E-state index in [1.807, 2.05) is 44.2 Å². The average molecular weight is 533 g/mol. The molecule has 2 aromatic rings. The molecule has 9 heteroatoms. The number of carboxylic acids is 1. The predicted octanol–water partition coefficient (Wildman–Crippen LogP) is 3.56. The zero-order chi connectivity index (χ0) is 27.8. The second-order valence-corrected chi connectivity index (χ2v) is 12.4. The molecule has 8 nitrogen and oxygen atoms in total. The number of benzene rings is 2. The summed E-state index contributed by atoms with van der Waals surface area (Å²) in [7, 11) is -3.89. The topological polar surface area (TPSA) is 124 Å². The number of aliphatic carboxylic acids is 1. The summed E-state index contributed by atoms with van der Waals surface area (Å²) < 4.78 is 28.2. The van der Waals surface area contributed by atoms with Crippen molar-refractivity contribution in [1.82, 2.24) is 9.62 Å². The maximum atomic E-state index is 13.5. The number of aliphatic hydroxyl groups is 1. The van der Waals surface area contributed by atoms with Crippen LogP contribution in [0.5, 0.6) is 0 Å². The fraction of sp³-hybridized carbons (Fsp3) is 0.500. The summed E-state index contributed by atoms with van der Waals surface area (Å²) in [4.78, 5) is 24.9. The van der Waals surface area contributed by atoms with Gasteiger partial charge < -0.3 is 15.5 Å². The highest BCUT2D eigenvalue weighted by atomic mass is 32.2. The molecule has 37 heavy (non-hydrogen) atoms. The van der Waals surface area contributed by atoms with Crippen molar-refractivity contribution in [2.45, 2.75) is 64.5 Å². The first-order chi connectivity index (χ1) is 17.3. The molecule has 0 aliphatic rings. The minimum atomic E-state index is -3.89. The molecule has 0 aliphatic carbocycles. The van der Waals surface area contributed by atoms with E-state index in [0.717, 1.165) is 5.56 Å². The molecule has 1 amide bonds. The van der Waals surface area contributed by atoms with Crippen LogP contribution in [0.3, 0.4) is 0 Å². The van der Waals surface area contributed by atoms with Crippen LogP contribution in [0.25, 0.3) is 0 Å². The van der Waals surface area contributed by atoms with Gasteiger partial charge in [-0.1, -0.05) is 69.3 Å². The number of sulfonamides is 1. The Morgan fingerprint density at radius 1 is 0.973 bits per heavy atom. The second-order valence-electron chi connectivity index (χ2n) is 10.5. The average Bonchev–Trinajstić information content (AvgIpc) is 2.86. The minimum absolute atomic E-state index is 0.131. The third-order valence-electron chi connectivity index (χ3n) is 6.85. The summed E-state index contributed by atoms with van der Waals surface area (Å²) >= 11 is 0. The first-order valence-electron chi connectivity index (χ1n) is 12.6. The van der Waals surface area contributed by atoms with Crippen molar-refractivity contribution in [1.29, 1.82) is 0 Å². The smallest absolute Gasteiger partial charge is 0.309 e. The van der Waals surface area contributed by atoms with Crippen LogP contribution < -0.4 is 5.32 Å². The normalized spacial score (nSPS) is 14.8. The molecule has 3 N–H and O–H groups in total. The van der Waals surface area contributed by atoms with Gasteiger partial charge in [-0.05, 0) is 50.3 Å². The number of hydrogen-bond donors (Lipinski definition) is 3. The van der Waals surface area contributed by atoms with Gasteiger partial charge in [0.15, 0.2) is 0 Å². The van der Waals surface area contributed by atoms with E-state index in [9.17, 15) is 28.2 Å². The van der Waals surface area contributed by atoms with Gasteiger partial charge >= 0.3 is 5.97 Å². The van der Waals surface area contributed by atoms with Crippen LogP contribution in [0.4, 0.5) is 0 Å². The molecule has 0 saturated carbocycles. The molecule has 0 saturated heterocycles. The lowest BCUT2D eigenvalue weighted by Gasteiger charge is -2.32. The summed E-state index contributed by atoms with van der Waals surface area (Å²) in [5.74, 6) is -2.28. The van der Waals surface area contributed by atoms with E-state index in [0.29, 0.717) is 6.42 Å². The van der Waals surface area contributed by atoms with Crippen molar-refractivity contribution in [3.63, 3.8) is 0 Å². The van der Waals surface area contributed by atoms with E-state index < -0.39 is 45.4 Å². The van der Waals surface area contributed by atoms with Crippen molar-refractivity contribution in [3.8, 4) is 0 Å². The van der Waals surface area contributed by atoms with Crippen LogP contribution in [0, 0.1) is 17.3 Å². The highest BCUT2D eigenvalue weighted by Gasteiger charge is 2.40. The Kier molecular flexibility index (Phi) is 10.8. The number of carboxylic acid groups (broad SMARTS) is 1. The predicted molar refractivity (Wildman–Crippen MR) is 143 cm³/mol. The number of rotatable bonds is 14. The highest BCUT2D eigenvalue weighted by molar-refractivity contribution is 7.89. The third kappa shape index (κ3) is 8.38. The van der Waals surface area contributed by atoms with Crippen molar-refractivity contribution in [2.75, 3.05) is 13.1 Å². The molecule has 0 fully saturated rings. The molecule has 2 aromatic carbocycles. The Hall–Kier alpha value is -2.75. The van der Waals surface area contributed by atoms with Gasteiger partial charge in [-0.2, -0.15) is 4.31 Å². The summed E-state index contributed by atoms with van der Waals surface area (Å²) in [6, 6.07) is 16.5. The van der Waals surface area contributed by atoms with Crippen LogP contribution >= 0.6 is 0 Å². The Morgan fingerprint density at radius 2 is 1.51 bits per heavy atom. The van der Waals surface area contributed by atoms with E-state index >= 15 is 0 Å². The summed E-state index contributed by atoms with van der Waals surface area (Å²) in [5, 5.41) is 23.7. The second kappa shape index (κ2) is 13.2. The molecule has 2 rings (SSSR count). The van der Waals surface area contributed by atoms with Crippen LogP contribution in [0.15, 0.2) is 65.6 Å². The molecule has 0 aromatic heterocycles. The summed E-state index contributed by atoms with van der Waals surface area (Å²) in [5.41, 5.74) is -0.483. The van der Waals surface area contributed by atoms with Gasteiger partial charge in [-0.15, -0.1) is 0 Å². The minimum Gasteiger partial charge on any atom is -0.481 e. The number of nitrogens with zero attached hydrogens (tertiary/aromatic N) is 1. The maximum Gasteiger partial charge on any atom is 0.309 e. The van der Waals surface area contributed by atoms with E-state index in [-0.39, 0.29) is 30.3 Å². The lowest BCUT2D eigenvalue weighted by atomic mass is 9.79. The van der Waals surface area contributed by atoms with Gasteiger partial charge in [0.05, 0.1) is 28.4 Å². The van der Waals surface area contributed by atoms with Gasteiger partial charge in [0.2, 0.25) is 15.9 Å². The molecule has 3 atom stereocenters. The molecule has 204 valence electrons. The van der Waals surface area contributed by atoms with Gasteiger partial charge in [0.1, 0.15) is 0 Å². The van der Waals surface area contributed by atoms with Crippen molar-refractivity contribution in [3.05, 3.63) is 66.2 Å². The third-order valence-corrected chi connectivity index (χ3v) is 8.72. The largest absolute Gasteiger partial charge is 0.481 e. The summed E-state index contributed by atoms with van der Waals surface area (Å²) in [6.07, 6.45) is -0.398. The number of carbonyl (C=O) groups is 2. The zero-order valence-electron chi connectivity index (χ0n) is 22.3. The molecule has 0 radical (unpaired) electrons. The van der Waals surface area contributed by atoms with Gasteiger partial charge in [-0.25, -0.2) is 8.42 Å². The van der Waals surface area contributed by atoms with E-state index in [1.165, 1.54) is 37.2 Å². The maximum absolute atomic E-state index is 13.5. The number of aliphatic hydroxyl groups excluding tert-OH is 1. The lowest BCUT2D eigenvalue weighted by molar-refractivity contribution is -0.153. The molecule has 3 unspecified atom stereocenters. The van der Waals surface area contributed by atoms with Crippen molar-refractivity contribution < 1.29 is 28.2 Å². The number of nitrogens with one attached hydrogen (secondary N) is 1. The van der Waals surface area contributed by atoms with E-state index in [2.05, 4.69) is 5.32 Å². The van der Waals surface area contributed by atoms with Crippen LogP contribution in [-0.2, 0) is 26.0 Å². The summed E-state index contributed by atoms with van der Waals surface area (Å²) in [6.45, 7) is 8.45. The number of amides is 1. The van der Waals surface area contributed by atoms with Crippen molar-refractivity contribution >= 4 is 21.9 Å². The van der Waals surface area contributed by atoms with Crippen LogP contribution in [0.2, 0.25) is 0 Å². The zero-order valence-corrected chi connectivity index (χ0v) is 23.1. The van der Waals surface area contributed by atoms with Gasteiger partial charge in [-0.3, -0.25) is 9.59 Å². The fourth-order valence-electron chi connectivity index (χ4n) is 3.76.